The van der Waals surface area contributed by atoms with Gasteiger partial charge >= 0.3 is 5.97 Å². The molecule has 2 aromatic rings. The summed E-state index contributed by atoms with van der Waals surface area (Å²) in [5.74, 6) is -0.718. The molecule has 0 fully saturated rings. The minimum Gasteiger partial charge on any atom is -0.490 e. The summed E-state index contributed by atoms with van der Waals surface area (Å²) in [6.45, 7) is 2.67. The third kappa shape index (κ3) is 4.08. The summed E-state index contributed by atoms with van der Waals surface area (Å²) in [6, 6.07) is 13.6. The largest absolute Gasteiger partial charge is 0.490 e. The molecule has 3 rings (SSSR count). The standard InChI is InChI=1S/C20H19NO6/c1-2-25-16-10-5-6-11-17(16)26-13-7-12-18(22)27-21-19(23)14-8-3-4-9-15(14)20(21)24/h3-6,8-11H,2,7,12-13H2,1H3. The summed E-state index contributed by atoms with van der Waals surface area (Å²) in [6.07, 6.45) is 0.368. The first-order valence-corrected chi connectivity index (χ1v) is 8.65. The fourth-order valence-corrected chi connectivity index (χ4v) is 2.64. The molecule has 0 aromatic heterocycles. The van der Waals surface area contributed by atoms with Crippen LogP contribution in [0.5, 0.6) is 11.5 Å². The summed E-state index contributed by atoms with van der Waals surface area (Å²) < 4.78 is 11.1. The number of imide groups is 1. The molecule has 27 heavy (non-hydrogen) atoms. The van der Waals surface area contributed by atoms with Crippen LogP contribution in [0.3, 0.4) is 0 Å². The number of hydroxylamine groups is 2. The summed E-state index contributed by atoms with van der Waals surface area (Å²) in [4.78, 5) is 41.2. The molecule has 2 aromatic carbocycles. The maximum atomic E-state index is 12.1. The number of ether oxygens (including phenoxy) is 2. The Morgan fingerprint density at radius 1 is 0.889 bits per heavy atom. The van der Waals surface area contributed by atoms with E-state index in [9.17, 15) is 14.4 Å². The molecule has 7 heteroatoms. The van der Waals surface area contributed by atoms with E-state index in [1.165, 1.54) is 12.1 Å². The zero-order valence-corrected chi connectivity index (χ0v) is 14.8. The van der Waals surface area contributed by atoms with Crippen molar-refractivity contribution in [2.75, 3.05) is 13.2 Å². The van der Waals surface area contributed by atoms with Crippen molar-refractivity contribution in [1.82, 2.24) is 5.06 Å². The van der Waals surface area contributed by atoms with Crippen molar-refractivity contribution in [1.29, 1.82) is 0 Å². The summed E-state index contributed by atoms with van der Waals surface area (Å²) >= 11 is 0. The van der Waals surface area contributed by atoms with E-state index in [2.05, 4.69) is 0 Å². The van der Waals surface area contributed by atoms with Gasteiger partial charge < -0.3 is 14.3 Å². The molecule has 7 nitrogen and oxygen atoms in total. The van der Waals surface area contributed by atoms with Gasteiger partial charge in [0.05, 0.1) is 30.8 Å². The van der Waals surface area contributed by atoms with E-state index >= 15 is 0 Å². The van der Waals surface area contributed by atoms with Gasteiger partial charge in [-0.15, -0.1) is 0 Å². The second-order valence-electron chi connectivity index (χ2n) is 5.75. The number of rotatable bonds is 8. The fraction of sp³-hybridized carbons (Fsp3) is 0.250. The first-order chi connectivity index (χ1) is 13.1. The van der Waals surface area contributed by atoms with Gasteiger partial charge in [0.1, 0.15) is 0 Å². The van der Waals surface area contributed by atoms with Gasteiger partial charge in [-0.1, -0.05) is 29.3 Å². The Bertz CT molecular complexity index is 828. The highest BCUT2D eigenvalue weighted by Crippen LogP contribution is 2.26. The Labute approximate surface area is 156 Å². The number of hydrogen-bond acceptors (Lipinski definition) is 6. The van der Waals surface area contributed by atoms with Gasteiger partial charge in [-0.3, -0.25) is 9.59 Å². The quantitative estimate of drug-likeness (QED) is 0.525. The molecule has 0 saturated heterocycles. The Hall–Kier alpha value is -3.35. The second kappa shape index (κ2) is 8.35. The van der Waals surface area contributed by atoms with Crippen LogP contribution in [0.25, 0.3) is 0 Å². The van der Waals surface area contributed by atoms with Crippen molar-refractivity contribution in [3.63, 3.8) is 0 Å². The molecule has 0 N–H and O–H groups in total. The van der Waals surface area contributed by atoms with E-state index < -0.39 is 17.8 Å². The number of carbonyl (C=O) groups is 3. The minimum atomic E-state index is -0.675. The topological polar surface area (TPSA) is 82.1 Å². The summed E-state index contributed by atoms with van der Waals surface area (Å²) in [7, 11) is 0. The third-order valence-corrected chi connectivity index (χ3v) is 3.88. The number of nitrogens with zero attached hydrogens (tertiary/aromatic N) is 1. The van der Waals surface area contributed by atoms with Gasteiger partial charge in [-0.2, -0.15) is 0 Å². The van der Waals surface area contributed by atoms with Crippen molar-refractivity contribution in [3.05, 3.63) is 59.7 Å². The van der Waals surface area contributed by atoms with Crippen molar-refractivity contribution in [2.24, 2.45) is 0 Å². The molecule has 0 radical (unpaired) electrons. The van der Waals surface area contributed by atoms with E-state index in [-0.39, 0.29) is 24.2 Å². The molecule has 0 saturated carbocycles. The van der Waals surface area contributed by atoms with Gasteiger partial charge in [0.15, 0.2) is 11.5 Å². The lowest BCUT2D eigenvalue weighted by Crippen LogP contribution is -2.32. The van der Waals surface area contributed by atoms with E-state index in [0.717, 1.165) is 0 Å². The molecule has 1 heterocycles. The van der Waals surface area contributed by atoms with E-state index in [4.69, 9.17) is 14.3 Å². The lowest BCUT2D eigenvalue weighted by Gasteiger charge is -2.13. The van der Waals surface area contributed by atoms with Gasteiger partial charge in [0, 0.05) is 0 Å². The molecular formula is C20H19NO6. The zero-order chi connectivity index (χ0) is 19.2. The highest BCUT2D eigenvalue weighted by molar-refractivity contribution is 6.20. The number of hydrogen-bond donors (Lipinski definition) is 0. The van der Waals surface area contributed by atoms with Crippen LogP contribution in [0.2, 0.25) is 0 Å². The van der Waals surface area contributed by atoms with Crippen molar-refractivity contribution >= 4 is 17.8 Å². The molecule has 0 unspecified atom stereocenters. The van der Waals surface area contributed by atoms with E-state index in [1.807, 2.05) is 19.1 Å². The van der Waals surface area contributed by atoms with Crippen LogP contribution in [-0.2, 0) is 9.63 Å². The number of para-hydroxylation sites is 2. The highest BCUT2D eigenvalue weighted by Gasteiger charge is 2.38. The lowest BCUT2D eigenvalue weighted by molar-refractivity contribution is -0.168. The molecule has 0 spiro atoms. The summed E-state index contributed by atoms with van der Waals surface area (Å²) in [5.41, 5.74) is 0.456. The molecule has 1 aliphatic rings. The number of fused-ring (bicyclic) bond motifs is 1. The lowest BCUT2D eigenvalue weighted by atomic mass is 10.1. The normalized spacial score (nSPS) is 12.7. The van der Waals surface area contributed by atoms with E-state index in [1.54, 1.807) is 24.3 Å². The van der Waals surface area contributed by atoms with Gasteiger partial charge in [-0.05, 0) is 37.6 Å². The molecule has 140 valence electrons. The Kier molecular flexibility index (Phi) is 5.71. The SMILES string of the molecule is CCOc1ccccc1OCCCC(=O)ON1C(=O)c2ccccc2C1=O. The number of amides is 2. The Balaban J connectivity index is 1.47. The van der Waals surface area contributed by atoms with Crippen molar-refractivity contribution in [2.45, 2.75) is 19.8 Å². The maximum Gasteiger partial charge on any atom is 0.333 e. The predicted octanol–water partition coefficient (Wildman–Crippen LogP) is 3.00. The van der Waals surface area contributed by atoms with Crippen LogP contribution in [0, 0.1) is 0 Å². The maximum absolute atomic E-state index is 12.1. The first kappa shape index (κ1) is 18.4. The van der Waals surface area contributed by atoms with Crippen LogP contribution in [0.4, 0.5) is 0 Å². The van der Waals surface area contributed by atoms with Crippen molar-refractivity contribution < 1.29 is 28.7 Å². The molecule has 2 amide bonds. The number of carbonyl (C=O) groups excluding carboxylic acids is 3. The van der Waals surface area contributed by atoms with Crippen LogP contribution < -0.4 is 9.47 Å². The first-order valence-electron chi connectivity index (χ1n) is 8.65. The van der Waals surface area contributed by atoms with Gasteiger partial charge in [0.25, 0.3) is 11.8 Å². The zero-order valence-electron chi connectivity index (χ0n) is 14.8. The van der Waals surface area contributed by atoms with Crippen LogP contribution in [-0.4, -0.2) is 36.1 Å². The molecule has 0 atom stereocenters. The third-order valence-electron chi connectivity index (χ3n) is 3.88. The molecule has 1 aliphatic heterocycles. The van der Waals surface area contributed by atoms with Crippen molar-refractivity contribution in [3.8, 4) is 11.5 Å². The number of benzene rings is 2. The van der Waals surface area contributed by atoms with Gasteiger partial charge in [-0.25, -0.2) is 4.79 Å². The summed E-state index contributed by atoms with van der Waals surface area (Å²) in [5, 5.41) is 0.512. The molecular weight excluding hydrogens is 350 g/mol. The molecule has 0 aliphatic carbocycles. The van der Waals surface area contributed by atoms with Crippen LogP contribution in [0.1, 0.15) is 40.5 Å². The Morgan fingerprint density at radius 3 is 2.04 bits per heavy atom. The average Bonchev–Trinajstić information content (AvgIpc) is 2.92. The highest BCUT2D eigenvalue weighted by atomic mass is 16.7. The van der Waals surface area contributed by atoms with Crippen LogP contribution in [0.15, 0.2) is 48.5 Å². The Morgan fingerprint density at radius 2 is 1.44 bits per heavy atom. The average molecular weight is 369 g/mol. The van der Waals surface area contributed by atoms with E-state index in [0.29, 0.717) is 29.6 Å². The smallest absolute Gasteiger partial charge is 0.333 e. The molecule has 0 bridgehead atoms. The second-order valence-corrected chi connectivity index (χ2v) is 5.75. The van der Waals surface area contributed by atoms with Gasteiger partial charge in [0.2, 0.25) is 0 Å². The van der Waals surface area contributed by atoms with Crippen LogP contribution >= 0.6 is 0 Å². The monoisotopic (exact) mass is 369 g/mol. The predicted molar refractivity (Wildman–Crippen MR) is 95.4 cm³/mol. The minimum absolute atomic E-state index is 0.00417. The fourth-order valence-electron chi connectivity index (χ4n) is 2.64.